The first kappa shape index (κ1) is 21.9. The van der Waals surface area contributed by atoms with Crippen molar-refractivity contribution in [1.82, 2.24) is 0 Å². The molecule has 0 bridgehead atoms. The van der Waals surface area contributed by atoms with Crippen LogP contribution in [0.1, 0.15) is 18.1 Å². The molecule has 1 amide bonds. The predicted octanol–water partition coefficient (Wildman–Crippen LogP) is 5.04. The lowest BCUT2D eigenvalue weighted by atomic mass is 10.1. The highest BCUT2D eigenvalue weighted by molar-refractivity contribution is 7.92. The molecule has 0 aliphatic heterocycles. The van der Waals surface area contributed by atoms with Gasteiger partial charge in [-0.25, -0.2) is 8.42 Å². The lowest BCUT2D eigenvalue weighted by Gasteiger charge is -2.25. The number of aryl methyl sites for hydroxylation is 2. The summed E-state index contributed by atoms with van der Waals surface area (Å²) in [6.45, 7) is 3.44. The van der Waals surface area contributed by atoms with Crippen LogP contribution in [0, 0.1) is 6.92 Å². The van der Waals surface area contributed by atoms with Crippen LogP contribution in [0.4, 0.5) is 11.4 Å². The van der Waals surface area contributed by atoms with E-state index in [2.05, 4.69) is 5.32 Å². The van der Waals surface area contributed by atoms with E-state index >= 15 is 0 Å². The number of nitrogens with zero attached hydrogens (tertiary/aromatic N) is 1. The van der Waals surface area contributed by atoms with E-state index in [0.29, 0.717) is 22.0 Å². The van der Waals surface area contributed by atoms with Crippen LogP contribution < -0.4 is 9.62 Å². The Morgan fingerprint density at radius 1 is 1.00 bits per heavy atom. The van der Waals surface area contributed by atoms with Crippen LogP contribution in [-0.2, 0) is 21.2 Å². The van der Waals surface area contributed by atoms with Gasteiger partial charge in [0.25, 0.3) is 10.0 Å². The maximum Gasteiger partial charge on any atom is 0.264 e. The standard InChI is InChI=1S/C23H23ClN2O3S/c1-3-18-9-12-20(13-10-18)25-23(27)16-26(22-14-11-19(24)15-17(22)2)30(28,29)21-7-5-4-6-8-21/h4-15H,3,16H2,1-2H3,(H,25,27). The molecule has 0 spiro atoms. The first-order valence-electron chi connectivity index (χ1n) is 9.54. The van der Waals surface area contributed by atoms with E-state index in [-0.39, 0.29) is 11.4 Å². The lowest BCUT2D eigenvalue weighted by Crippen LogP contribution is -2.38. The minimum atomic E-state index is -3.96. The van der Waals surface area contributed by atoms with Gasteiger partial charge >= 0.3 is 0 Å². The Kier molecular flexibility index (Phi) is 6.80. The number of benzene rings is 3. The summed E-state index contributed by atoms with van der Waals surface area (Å²) in [6, 6.07) is 20.4. The summed E-state index contributed by atoms with van der Waals surface area (Å²) >= 11 is 6.04. The molecular formula is C23H23ClN2O3S. The van der Waals surface area contributed by atoms with E-state index in [4.69, 9.17) is 11.6 Å². The Labute approximate surface area is 182 Å². The van der Waals surface area contributed by atoms with Gasteiger partial charge in [-0.05, 0) is 66.9 Å². The zero-order chi connectivity index (χ0) is 21.7. The van der Waals surface area contributed by atoms with Crippen molar-refractivity contribution in [3.05, 3.63) is 88.9 Å². The molecular weight excluding hydrogens is 420 g/mol. The van der Waals surface area contributed by atoms with Crippen molar-refractivity contribution in [2.75, 3.05) is 16.2 Å². The van der Waals surface area contributed by atoms with E-state index in [9.17, 15) is 13.2 Å². The number of anilines is 2. The van der Waals surface area contributed by atoms with Gasteiger partial charge in [-0.2, -0.15) is 0 Å². The Morgan fingerprint density at radius 3 is 2.27 bits per heavy atom. The van der Waals surface area contributed by atoms with Crippen LogP contribution in [0.2, 0.25) is 5.02 Å². The fourth-order valence-electron chi connectivity index (χ4n) is 3.07. The summed E-state index contributed by atoms with van der Waals surface area (Å²) in [5.74, 6) is -0.437. The quantitative estimate of drug-likeness (QED) is 0.557. The van der Waals surface area contributed by atoms with E-state index in [1.807, 2.05) is 19.1 Å². The van der Waals surface area contributed by atoms with Gasteiger partial charge in [0, 0.05) is 10.7 Å². The Morgan fingerprint density at radius 2 is 1.67 bits per heavy atom. The monoisotopic (exact) mass is 442 g/mol. The Balaban J connectivity index is 1.94. The highest BCUT2D eigenvalue weighted by atomic mass is 35.5. The largest absolute Gasteiger partial charge is 0.325 e. The second-order valence-corrected chi connectivity index (χ2v) is 9.15. The maximum absolute atomic E-state index is 13.4. The minimum Gasteiger partial charge on any atom is -0.325 e. The molecule has 0 heterocycles. The van der Waals surface area contributed by atoms with Crippen LogP contribution in [0.15, 0.2) is 77.7 Å². The van der Waals surface area contributed by atoms with Crippen LogP contribution in [0.5, 0.6) is 0 Å². The van der Waals surface area contributed by atoms with Crippen LogP contribution in [-0.4, -0.2) is 20.9 Å². The number of nitrogens with one attached hydrogen (secondary N) is 1. The highest BCUT2D eigenvalue weighted by Crippen LogP contribution is 2.29. The van der Waals surface area contributed by atoms with Crippen LogP contribution >= 0.6 is 11.6 Å². The molecule has 156 valence electrons. The Bertz CT molecular complexity index is 1130. The van der Waals surface area contributed by atoms with E-state index in [1.165, 1.54) is 12.1 Å². The molecule has 3 aromatic carbocycles. The summed E-state index contributed by atoms with van der Waals surface area (Å²) in [7, 11) is -3.96. The molecule has 7 heteroatoms. The number of carbonyl (C=O) groups excluding carboxylic acids is 1. The van der Waals surface area contributed by atoms with Crippen molar-refractivity contribution >= 4 is 38.9 Å². The number of carbonyl (C=O) groups is 1. The van der Waals surface area contributed by atoms with Crippen molar-refractivity contribution < 1.29 is 13.2 Å². The van der Waals surface area contributed by atoms with Gasteiger partial charge in [0.15, 0.2) is 0 Å². The molecule has 0 fully saturated rings. The molecule has 0 aromatic heterocycles. The number of sulfonamides is 1. The van der Waals surface area contributed by atoms with Crippen molar-refractivity contribution in [3.63, 3.8) is 0 Å². The summed E-state index contributed by atoms with van der Waals surface area (Å²) in [4.78, 5) is 12.9. The van der Waals surface area contributed by atoms with Gasteiger partial charge in [-0.3, -0.25) is 9.10 Å². The van der Waals surface area contributed by atoms with Crippen molar-refractivity contribution in [3.8, 4) is 0 Å². The van der Waals surface area contributed by atoms with Crippen molar-refractivity contribution in [2.45, 2.75) is 25.2 Å². The summed E-state index contributed by atoms with van der Waals surface area (Å²) in [5.41, 5.74) is 2.82. The summed E-state index contributed by atoms with van der Waals surface area (Å²) in [6.07, 6.45) is 0.896. The minimum absolute atomic E-state index is 0.111. The van der Waals surface area contributed by atoms with Gasteiger partial charge in [0.1, 0.15) is 6.54 Å². The normalized spacial score (nSPS) is 11.2. The van der Waals surface area contributed by atoms with Gasteiger partial charge in [-0.15, -0.1) is 0 Å². The number of hydrogen-bond donors (Lipinski definition) is 1. The summed E-state index contributed by atoms with van der Waals surface area (Å²) in [5, 5.41) is 3.27. The van der Waals surface area contributed by atoms with E-state index in [0.717, 1.165) is 16.3 Å². The topological polar surface area (TPSA) is 66.5 Å². The van der Waals surface area contributed by atoms with Gasteiger partial charge in [0.05, 0.1) is 10.6 Å². The first-order chi connectivity index (χ1) is 14.3. The first-order valence-corrected chi connectivity index (χ1v) is 11.4. The third-order valence-electron chi connectivity index (χ3n) is 4.69. The molecule has 0 aliphatic rings. The van der Waals surface area contributed by atoms with Gasteiger partial charge in [0.2, 0.25) is 5.91 Å². The van der Waals surface area contributed by atoms with Crippen LogP contribution in [0.25, 0.3) is 0 Å². The molecule has 3 rings (SSSR count). The van der Waals surface area contributed by atoms with Crippen molar-refractivity contribution in [2.24, 2.45) is 0 Å². The number of rotatable bonds is 7. The third-order valence-corrected chi connectivity index (χ3v) is 6.70. The second kappa shape index (κ2) is 9.32. The predicted molar refractivity (Wildman–Crippen MR) is 122 cm³/mol. The third kappa shape index (κ3) is 5.01. The number of halogens is 1. The second-order valence-electron chi connectivity index (χ2n) is 6.85. The van der Waals surface area contributed by atoms with Crippen LogP contribution in [0.3, 0.4) is 0 Å². The van der Waals surface area contributed by atoms with Crippen molar-refractivity contribution in [1.29, 1.82) is 0 Å². The SMILES string of the molecule is CCc1ccc(NC(=O)CN(c2ccc(Cl)cc2C)S(=O)(=O)c2ccccc2)cc1. The molecule has 1 N–H and O–H groups in total. The summed E-state index contributed by atoms with van der Waals surface area (Å²) < 4.78 is 27.8. The maximum atomic E-state index is 13.4. The average molecular weight is 443 g/mol. The molecule has 3 aromatic rings. The zero-order valence-electron chi connectivity index (χ0n) is 16.8. The number of amides is 1. The zero-order valence-corrected chi connectivity index (χ0v) is 18.4. The molecule has 30 heavy (non-hydrogen) atoms. The molecule has 0 saturated heterocycles. The molecule has 0 saturated carbocycles. The number of hydrogen-bond acceptors (Lipinski definition) is 3. The van der Waals surface area contributed by atoms with Gasteiger partial charge < -0.3 is 5.32 Å². The molecule has 0 atom stereocenters. The molecule has 0 unspecified atom stereocenters. The Hall–Kier alpha value is -2.83. The fraction of sp³-hybridized carbons (Fsp3) is 0.174. The molecule has 0 radical (unpaired) electrons. The smallest absolute Gasteiger partial charge is 0.264 e. The average Bonchev–Trinajstić information content (AvgIpc) is 2.73. The fourth-order valence-corrected chi connectivity index (χ4v) is 4.81. The molecule has 0 aliphatic carbocycles. The van der Waals surface area contributed by atoms with E-state index < -0.39 is 15.9 Å². The molecule has 5 nitrogen and oxygen atoms in total. The lowest BCUT2D eigenvalue weighted by molar-refractivity contribution is -0.114. The van der Waals surface area contributed by atoms with Gasteiger partial charge in [-0.1, -0.05) is 48.9 Å². The van der Waals surface area contributed by atoms with E-state index in [1.54, 1.807) is 55.5 Å². The highest BCUT2D eigenvalue weighted by Gasteiger charge is 2.28.